The monoisotopic (exact) mass is 468 g/mol. The normalized spacial score (nSPS) is 15.6. The van der Waals surface area contributed by atoms with Gasteiger partial charge < -0.3 is 5.32 Å². The van der Waals surface area contributed by atoms with Crippen molar-refractivity contribution in [3.63, 3.8) is 0 Å². The molecule has 0 spiro atoms. The van der Waals surface area contributed by atoms with Gasteiger partial charge in [-0.05, 0) is 73.7 Å². The van der Waals surface area contributed by atoms with Crippen molar-refractivity contribution in [3.8, 4) is 0 Å². The molecule has 1 atom stereocenters. The van der Waals surface area contributed by atoms with E-state index in [1.54, 1.807) is 12.1 Å². The molecule has 1 aliphatic carbocycles. The lowest BCUT2D eigenvalue weighted by atomic mass is 9.88. The minimum Gasteiger partial charge on any atom is -0.348 e. The Morgan fingerprint density at radius 2 is 1.72 bits per heavy atom. The number of anilines is 1. The van der Waals surface area contributed by atoms with Gasteiger partial charge in [0.05, 0.1) is 16.6 Å². The number of rotatable bonds is 6. The molecule has 0 saturated heterocycles. The summed E-state index contributed by atoms with van der Waals surface area (Å²) >= 11 is 5.94. The molecule has 0 aromatic heterocycles. The van der Waals surface area contributed by atoms with Crippen molar-refractivity contribution in [2.24, 2.45) is 0 Å². The number of halogens is 1. The molecule has 0 heterocycles. The van der Waals surface area contributed by atoms with Crippen LogP contribution in [0.25, 0.3) is 0 Å². The highest BCUT2D eigenvalue weighted by atomic mass is 35.5. The zero-order chi connectivity index (χ0) is 22.7. The number of nitrogens with zero attached hydrogens (tertiary/aromatic N) is 1. The molecule has 3 aromatic carbocycles. The van der Waals surface area contributed by atoms with Crippen LogP contribution < -0.4 is 9.62 Å². The average Bonchev–Trinajstić information content (AvgIpc) is 2.79. The fraction of sp³-hybridized carbons (Fsp3) is 0.240. The van der Waals surface area contributed by atoms with Gasteiger partial charge in [0.15, 0.2) is 0 Å². The molecule has 7 heteroatoms. The third-order valence-electron chi connectivity index (χ3n) is 5.72. The quantitative estimate of drug-likeness (QED) is 0.551. The summed E-state index contributed by atoms with van der Waals surface area (Å²) in [6.07, 6.45) is 2.80. The standard InChI is InChI=1S/C25H25ClN2O3S/c1-18-9-13-21(14-10-18)28(32(30,31)22-15-11-20(26)12-16-22)17-25(29)27-24-8-4-6-19-5-2-3-7-23(19)24/h2-3,5,7,9-16,24H,4,6,8,17H2,1H3,(H,27,29)/t24-/m0/s1. The van der Waals surface area contributed by atoms with E-state index in [0.717, 1.165) is 34.7 Å². The molecule has 3 aromatic rings. The van der Waals surface area contributed by atoms with Crippen LogP contribution in [0, 0.1) is 6.92 Å². The maximum Gasteiger partial charge on any atom is 0.264 e. The van der Waals surface area contributed by atoms with Crippen LogP contribution in [0.3, 0.4) is 0 Å². The van der Waals surface area contributed by atoms with Crippen LogP contribution in [0.1, 0.15) is 35.6 Å². The Morgan fingerprint density at radius 3 is 2.44 bits per heavy atom. The van der Waals surface area contributed by atoms with Crippen molar-refractivity contribution in [3.05, 3.63) is 94.5 Å². The van der Waals surface area contributed by atoms with Crippen molar-refractivity contribution < 1.29 is 13.2 Å². The second-order valence-corrected chi connectivity index (χ2v) is 10.3. The van der Waals surface area contributed by atoms with Gasteiger partial charge in [0.25, 0.3) is 10.0 Å². The van der Waals surface area contributed by atoms with Gasteiger partial charge in [0, 0.05) is 5.02 Å². The van der Waals surface area contributed by atoms with Crippen molar-refractivity contribution in [1.29, 1.82) is 0 Å². The molecule has 5 nitrogen and oxygen atoms in total. The highest BCUT2D eigenvalue weighted by Crippen LogP contribution is 2.30. The van der Waals surface area contributed by atoms with E-state index >= 15 is 0 Å². The number of carbonyl (C=O) groups excluding carboxylic acids is 1. The summed E-state index contributed by atoms with van der Waals surface area (Å²) in [5.74, 6) is -0.343. The molecule has 1 N–H and O–H groups in total. The smallest absolute Gasteiger partial charge is 0.264 e. The third kappa shape index (κ3) is 4.81. The number of nitrogens with one attached hydrogen (secondary N) is 1. The van der Waals surface area contributed by atoms with Gasteiger partial charge in [0.2, 0.25) is 5.91 Å². The van der Waals surface area contributed by atoms with Crippen LogP contribution in [0.2, 0.25) is 5.02 Å². The highest BCUT2D eigenvalue weighted by Gasteiger charge is 2.29. The third-order valence-corrected chi connectivity index (χ3v) is 7.76. The van der Waals surface area contributed by atoms with Crippen LogP contribution in [0.15, 0.2) is 77.7 Å². The molecule has 0 aliphatic heterocycles. The number of benzene rings is 3. The number of fused-ring (bicyclic) bond motifs is 1. The fourth-order valence-corrected chi connectivity index (χ4v) is 5.58. The van der Waals surface area contributed by atoms with Crippen LogP contribution in [-0.4, -0.2) is 20.9 Å². The predicted octanol–water partition coefficient (Wildman–Crippen LogP) is 5.04. The Kier molecular flexibility index (Phi) is 6.53. The minimum absolute atomic E-state index is 0.0817. The lowest BCUT2D eigenvalue weighted by Gasteiger charge is -2.28. The molecular formula is C25H25ClN2O3S. The second-order valence-electron chi connectivity index (χ2n) is 8.01. The summed E-state index contributed by atoms with van der Waals surface area (Å²) in [7, 11) is -3.97. The zero-order valence-corrected chi connectivity index (χ0v) is 19.4. The number of amides is 1. The summed E-state index contributed by atoms with van der Waals surface area (Å²) in [4.78, 5) is 13.1. The summed E-state index contributed by atoms with van der Waals surface area (Å²) < 4.78 is 28.1. The van der Waals surface area contributed by atoms with E-state index in [4.69, 9.17) is 11.6 Å². The van der Waals surface area contributed by atoms with E-state index in [1.165, 1.54) is 29.8 Å². The lowest BCUT2D eigenvalue weighted by molar-refractivity contribution is -0.120. The van der Waals surface area contributed by atoms with Gasteiger partial charge >= 0.3 is 0 Å². The fourth-order valence-electron chi connectivity index (χ4n) is 4.03. The summed E-state index contributed by atoms with van der Waals surface area (Å²) in [6, 6.07) is 21.0. The maximum atomic E-state index is 13.5. The zero-order valence-electron chi connectivity index (χ0n) is 17.8. The largest absolute Gasteiger partial charge is 0.348 e. The molecule has 0 saturated carbocycles. The number of sulfonamides is 1. The Balaban J connectivity index is 1.62. The van der Waals surface area contributed by atoms with Crippen molar-refractivity contribution in [1.82, 2.24) is 5.32 Å². The number of aryl methyl sites for hydroxylation is 2. The van der Waals surface area contributed by atoms with Crippen molar-refractivity contribution >= 4 is 33.2 Å². The molecule has 0 radical (unpaired) electrons. The highest BCUT2D eigenvalue weighted by molar-refractivity contribution is 7.92. The van der Waals surface area contributed by atoms with E-state index in [0.29, 0.717) is 10.7 Å². The lowest BCUT2D eigenvalue weighted by Crippen LogP contribution is -2.42. The van der Waals surface area contributed by atoms with Gasteiger partial charge in [-0.1, -0.05) is 53.6 Å². The number of hydrogen-bond donors (Lipinski definition) is 1. The van der Waals surface area contributed by atoms with Crippen LogP contribution in [-0.2, 0) is 21.2 Å². The van der Waals surface area contributed by atoms with Gasteiger partial charge in [-0.25, -0.2) is 8.42 Å². The SMILES string of the molecule is Cc1ccc(N(CC(=O)N[C@H]2CCCc3ccccc32)S(=O)(=O)c2ccc(Cl)cc2)cc1. The Morgan fingerprint density at radius 1 is 1.03 bits per heavy atom. The maximum absolute atomic E-state index is 13.5. The van der Waals surface area contributed by atoms with Gasteiger partial charge in [-0.15, -0.1) is 0 Å². The van der Waals surface area contributed by atoms with Gasteiger partial charge in [-0.3, -0.25) is 9.10 Å². The van der Waals surface area contributed by atoms with Crippen molar-refractivity contribution in [2.75, 3.05) is 10.8 Å². The predicted molar refractivity (Wildman–Crippen MR) is 127 cm³/mol. The molecule has 0 fully saturated rings. The second kappa shape index (κ2) is 9.35. The molecule has 0 bridgehead atoms. The molecule has 166 valence electrons. The first-order chi connectivity index (χ1) is 15.3. The first kappa shape index (κ1) is 22.4. The summed E-state index contributed by atoms with van der Waals surface area (Å²) in [6.45, 7) is 1.61. The topological polar surface area (TPSA) is 66.5 Å². The summed E-state index contributed by atoms with van der Waals surface area (Å²) in [5, 5.41) is 3.50. The molecule has 1 amide bonds. The summed E-state index contributed by atoms with van der Waals surface area (Å²) in [5.41, 5.74) is 3.77. The van der Waals surface area contributed by atoms with Crippen LogP contribution in [0.4, 0.5) is 5.69 Å². The number of hydrogen-bond acceptors (Lipinski definition) is 3. The van der Waals surface area contributed by atoms with Crippen LogP contribution in [0.5, 0.6) is 0 Å². The van der Waals surface area contributed by atoms with Crippen molar-refractivity contribution in [2.45, 2.75) is 37.1 Å². The molecule has 32 heavy (non-hydrogen) atoms. The van der Waals surface area contributed by atoms with Crippen LogP contribution >= 0.6 is 11.6 Å². The first-order valence-electron chi connectivity index (χ1n) is 10.6. The average molecular weight is 469 g/mol. The van der Waals surface area contributed by atoms with E-state index in [2.05, 4.69) is 11.4 Å². The molecule has 4 rings (SSSR count). The number of carbonyl (C=O) groups is 1. The van der Waals surface area contributed by atoms with E-state index in [1.807, 2.05) is 37.3 Å². The Labute approximate surface area is 194 Å². The van der Waals surface area contributed by atoms with E-state index < -0.39 is 10.0 Å². The molecular weight excluding hydrogens is 444 g/mol. The molecule has 1 aliphatic rings. The Bertz CT molecular complexity index is 1210. The van der Waals surface area contributed by atoms with E-state index in [-0.39, 0.29) is 23.4 Å². The van der Waals surface area contributed by atoms with Gasteiger partial charge in [-0.2, -0.15) is 0 Å². The first-order valence-corrected chi connectivity index (χ1v) is 12.4. The Hall–Kier alpha value is -2.83. The van der Waals surface area contributed by atoms with Gasteiger partial charge in [0.1, 0.15) is 6.54 Å². The minimum atomic E-state index is -3.97. The molecule has 0 unspecified atom stereocenters. The van der Waals surface area contributed by atoms with E-state index in [9.17, 15) is 13.2 Å².